The van der Waals surface area contributed by atoms with Crippen LogP contribution in [-0.2, 0) is 0 Å². The Morgan fingerprint density at radius 3 is 1.81 bits per heavy atom. The second-order valence-electron chi connectivity index (χ2n) is 5.86. The zero-order valence-electron chi connectivity index (χ0n) is 14.2. The topological polar surface area (TPSA) is 81.8 Å². The molecule has 0 unspecified atom stereocenters. The predicted octanol–water partition coefficient (Wildman–Crippen LogP) is 4.78. The maximum atomic E-state index is 11.1. The van der Waals surface area contributed by atoms with Crippen molar-refractivity contribution in [3.63, 3.8) is 0 Å². The van der Waals surface area contributed by atoms with E-state index in [0.29, 0.717) is 11.4 Å². The summed E-state index contributed by atoms with van der Waals surface area (Å²) in [5.74, 6) is 0. The van der Waals surface area contributed by atoms with Gasteiger partial charge in [-0.05, 0) is 47.5 Å². The van der Waals surface area contributed by atoms with Crippen LogP contribution < -0.4 is 0 Å². The number of nitro groups is 1. The molecule has 0 saturated heterocycles. The van der Waals surface area contributed by atoms with Gasteiger partial charge in [0.2, 0.25) is 0 Å². The van der Waals surface area contributed by atoms with E-state index < -0.39 is 4.92 Å². The van der Waals surface area contributed by atoms with Crippen LogP contribution in [-0.4, -0.2) is 19.9 Å². The summed E-state index contributed by atoms with van der Waals surface area (Å²) in [6.07, 6.45) is 3.41. The van der Waals surface area contributed by atoms with Crippen LogP contribution in [0.2, 0.25) is 0 Å². The van der Waals surface area contributed by atoms with Gasteiger partial charge in [-0.1, -0.05) is 24.3 Å². The molecule has 4 rings (SSSR count). The van der Waals surface area contributed by atoms with Crippen LogP contribution in [0.1, 0.15) is 0 Å². The Morgan fingerprint density at radius 2 is 1.30 bits per heavy atom. The standard InChI is InChI=1S/C21H14N4O2/c26-25(27)17-7-5-6-15(12-17)16-13-20(18-8-1-3-10-22-18)24-21(14-16)19-9-2-4-11-23-19/h1-14H. The van der Waals surface area contributed by atoms with Crippen LogP contribution in [0, 0.1) is 10.1 Å². The molecule has 0 aliphatic rings. The predicted molar refractivity (Wildman–Crippen MR) is 103 cm³/mol. The zero-order valence-corrected chi connectivity index (χ0v) is 14.2. The average Bonchev–Trinajstić information content (AvgIpc) is 2.75. The Kier molecular flexibility index (Phi) is 4.37. The van der Waals surface area contributed by atoms with Gasteiger partial charge in [-0.3, -0.25) is 20.1 Å². The molecule has 3 heterocycles. The van der Waals surface area contributed by atoms with Gasteiger partial charge in [0.1, 0.15) is 0 Å². The number of hydrogen-bond acceptors (Lipinski definition) is 5. The lowest BCUT2D eigenvalue weighted by atomic mass is 10.0. The summed E-state index contributed by atoms with van der Waals surface area (Å²) < 4.78 is 0. The van der Waals surface area contributed by atoms with Gasteiger partial charge >= 0.3 is 0 Å². The molecule has 0 aliphatic carbocycles. The van der Waals surface area contributed by atoms with Gasteiger partial charge in [0.05, 0.1) is 27.7 Å². The van der Waals surface area contributed by atoms with Crippen LogP contribution in [0.3, 0.4) is 0 Å². The fraction of sp³-hybridized carbons (Fsp3) is 0. The lowest BCUT2D eigenvalue weighted by Crippen LogP contribution is -1.94. The van der Waals surface area contributed by atoms with E-state index in [4.69, 9.17) is 4.98 Å². The molecular formula is C21H14N4O2. The highest BCUT2D eigenvalue weighted by Gasteiger charge is 2.12. The Morgan fingerprint density at radius 1 is 0.667 bits per heavy atom. The van der Waals surface area contributed by atoms with Crippen molar-refractivity contribution in [1.29, 1.82) is 0 Å². The first-order chi connectivity index (χ1) is 13.2. The lowest BCUT2D eigenvalue weighted by Gasteiger charge is -2.09. The van der Waals surface area contributed by atoms with Gasteiger partial charge in [-0.15, -0.1) is 0 Å². The Hall–Kier alpha value is -3.93. The molecule has 0 atom stereocenters. The number of pyridine rings is 3. The minimum absolute atomic E-state index is 0.0445. The van der Waals surface area contributed by atoms with E-state index in [1.807, 2.05) is 54.6 Å². The number of aromatic nitrogens is 3. The molecule has 0 bridgehead atoms. The smallest absolute Gasteiger partial charge is 0.258 e. The quantitative estimate of drug-likeness (QED) is 0.389. The van der Waals surface area contributed by atoms with Gasteiger partial charge in [0.15, 0.2) is 0 Å². The highest BCUT2D eigenvalue weighted by molar-refractivity contribution is 5.75. The molecule has 0 aliphatic heterocycles. The number of benzene rings is 1. The molecule has 0 saturated carbocycles. The first kappa shape index (κ1) is 16.5. The first-order valence-corrected chi connectivity index (χ1v) is 8.30. The summed E-state index contributed by atoms with van der Waals surface area (Å²) in [4.78, 5) is 24.2. The van der Waals surface area contributed by atoms with Gasteiger partial charge in [-0.25, -0.2) is 4.98 Å². The van der Waals surface area contributed by atoms with Gasteiger partial charge in [-0.2, -0.15) is 0 Å². The third-order valence-electron chi connectivity index (χ3n) is 4.07. The molecule has 0 spiro atoms. The van der Waals surface area contributed by atoms with E-state index in [1.54, 1.807) is 24.5 Å². The molecule has 3 aromatic heterocycles. The van der Waals surface area contributed by atoms with Gasteiger partial charge < -0.3 is 0 Å². The van der Waals surface area contributed by atoms with Crippen LogP contribution in [0.25, 0.3) is 33.9 Å². The molecule has 0 fully saturated rings. The summed E-state index contributed by atoms with van der Waals surface area (Å²) in [5.41, 5.74) is 4.41. The zero-order chi connectivity index (χ0) is 18.6. The van der Waals surface area contributed by atoms with E-state index >= 15 is 0 Å². The minimum atomic E-state index is -0.399. The first-order valence-electron chi connectivity index (χ1n) is 8.30. The fourth-order valence-corrected chi connectivity index (χ4v) is 2.79. The highest BCUT2D eigenvalue weighted by atomic mass is 16.6. The molecular weight excluding hydrogens is 340 g/mol. The summed E-state index contributed by atoms with van der Waals surface area (Å²) in [5, 5.41) is 11.1. The van der Waals surface area contributed by atoms with Crippen molar-refractivity contribution in [3.05, 3.63) is 95.3 Å². The van der Waals surface area contributed by atoms with Gasteiger partial charge in [0.25, 0.3) is 5.69 Å². The number of rotatable bonds is 4. The van der Waals surface area contributed by atoms with Crippen molar-refractivity contribution in [2.45, 2.75) is 0 Å². The fourth-order valence-electron chi connectivity index (χ4n) is 2.79. The Balaban J connectivity index is 1.91. The largest absolute Gasteiger partial charge is 0.270 e. The number of nitro benzene ring substituents is 1. The van der Waals surface area contributed by atoms with E-state index in [0.717, 1.165) is 22.5 Å². The number of nitrogens with zero attached hydrogens (tertiary/aromatic N) is 4. The maximum Gasteiger partial charge on any atom is 0.270 e. The molecule has 0 amide bonds. The SMILES string of the molecule is O=[N+]([O-])c1cccc(-c2cc(-c3ccccn3)nc(-c3ccccn3)c2)c1. The third kappa shape index (κ3) is 3.55. The molecule has 0 radical (unpaired) electrons. The summed E-state index contributed by atoms with van der Waals surface area (Å²) in [6, 6.07) is 21.5. The van der Waals surface area contributed by atoms with Crippen molar-refractivity contribution < 1.29 is 4.92 Å². The monoisotopic (exact) mass is 354 g/mol. The van der Waals surface area contributed by atoms with E-state index in [-0.39, 0.29) is 5.69 Å². The highest BCUT2D eigenvalue weighted by Crippen LogP contribution is 2.30. The van der Waals surface area contributed by atoms with Crippen molar-refractivity contribution in [1.82, 2.24) is 15.0 Å². The molecule has 6 heteroatoms. The van der Waals surface area contributed by atoms with Crippen molar-refractivity contribution >= 4 is 5.69 Å². The molecule has 1 aromatic carbocycles. The third-order valence-corrected chi connectivity index (χ3v) is 4.07. The Labute approximate surface area is 155 Å². The lowest BCUT2D eigenvalue weighted by molar-refractivity contribution is -0.384. The van der Waals surface area contributed by atoms with Crippen molar-refractivity contribution in [2.24, 2.45) is 0 Å². The number of hydrogen-bond donors (Lipinski definition) is 0. The van der Waals surface area contributed by atoms with E-state index in [9.17, 15) is 10.1 Å². The molecule has 4 aromatic rings. The summed E-state index contributed by atoms with van der Waals surface area (Å²) >= 11 is 0. The van der Waals surface area contributed by atoms with Gasteiger partial charge in [0, 0.05) is 24.5 Å². The minimum Gasteiger partial charge on any atom is -0.258 e. The molecule has 0 N–H and O–H groups in total. The van der Waals surface area contributed by atoms with Crippen LogP contribution in [0.5, 0.6) is 0 Å². The summed E-state index contributed by atoms with van der Waals surface area (Å²) in [7, 11) is 0. The second-order valence-corrected chi connectivity index (χ2v) is 5.86. The Bertz CT molecular complexity index is 1040. The van der Waals surface area contributed by atoms with Crippen LogP contribution in [0.4, 0.5) is 5.69 Å². The van der Waals surface area contributed by atoms with E-state index in [1.165, 1.54) is 6.07 Å². The number of non-ortho nitro benzene ring substituents is 1. The molecule has 27 heavy (non-hydrogen) atoms. The normalized spacial score (nSPS) is 10.5. The molecule has 6 nitrogen and oxygen atoms in total. The maximum absolute atomic E-state index is 11.1. The second kappa shape index (κ2) is 7.13. The van der Waals surface area contributed by atoms with Crippen molar-refractivity contribution in [2.75, 3.05) is 0 Å². The average molecular weight is 354 g/mol. The van der Waals surface area contributed by atoms with Crippen LogP contribution >= 0.6 is 0 Å². The van der Waals surface area contributed by atoms with E-state index in [2.05, 4.69) is 9.97 Å². The molecule has 130 valence electrons. The summed E-state index contributed by atoms with van der Waals surface area (Å²) in [6.45, 7) is 0. The van der Waals surface area contributed by atoms with Crippen molar-refractivity contribution in [3.8, 4) is 33.9 Å². The van der Waals surface area contributed by atoms with Crippen LogP contribution in [0.15, 0.2) is 85.2 Å².